The molecule has 0 radical (unpaired) electrons. The first-order valence-corrected chi connectivity index (χ1v) is 6.95. The van der Waals surface area contributed by atoms with E-state index in [9.17, 15) is 4.79 Å². The van der Waals surface area contributed by atoms with Crippen molar-refractivity contribution in [3.05, 3.63) is 41.2 Å². The summed E-state index contributed by atoms with van der Waals surface area (Å²) in [5, 5.41) is 16.1. The lowest BCUT2D eigenvalue weighted by atomic mass is 10.2. The number of aryl methyl sites for hydroxylation is 1. The number of nitrogens with zero attached hydrogens (tertiary/aromatic N) is 4. The molecular weight excluding hydrogens is 270 g/mol. The van der Waals surface area contributed by atoms with Gasteiger partial charge in [0.1, 0.15) is 11.5 Å². The number of hydrogen-bond donors (Lipinski definition) is 2. The molecule has 1 saturated heterocycles. The van der Waals surface area contributed by atoms with E-state index < -0.39 is 5.97 Å². The number of carbonyl (C=O) groups is 1. The molecule has 0 aliphatic carbocycles. The largest absolute Gasteiger partial charge is 0.477 e. The number of hydrogen-bond acceptors (Lipinski definition) is 5. The second kappa shape index (κ2) is 5.61. The predicted octanol–water partition coefficient (Wildman–Crippen LogP) is 1.54. The summed E-state index contributed by atoms with van der Waals surface area (Å²) in [5.41, 5.74) is 0.839. The minimum Gasteiger partial charge on any atom is -0.477 e. The second-order valence-electron chi connectivity index (χ2n) is 5.23. The molecule has 0 amide bonds. The molecule has 0 aromatic carbocycles. The van der Waals surface area contributed by atoms with Gasteiger partial charge in [0.05, 0.1) is 11.7 Å². The molecule has 110 valence electrons. The summed E-state index contributed by atoms with van der Waals surface area (Å²) in [6, 6.07) is 5.26. The van der Waals surface area contributed by atoms with E-state index in [0.29, 0.717) is 6.54 Å². The van der Waals surface area contributed by atoms with Crippen molar-refractivity contribution in [2.45, 2.75) is 32.4 Å². The Morgan fingerprint density at radius 1 is 1.48 bits per heavy atom. The molecular formula is C14H17N5O2. The first-order valence-electron chi connectivity index (χ1n) is 6.95. The molecule has 21 heavy (non-hydrogen) atoms. The first kappa shape index (κ1) is 13.7. The van der Waals surface area contributed by atoms with Crippen molar-refractivity contribution in [1.82, 2.24) is 25.1 Å². The highest BCUT2D eigenvalue weighted by Crippen LogP contribution is 2.30. The SMILES string of the molecule is Cc1nc([C@H]2CCCN2Cc2cccc(C(=O)O)n2)n[nH]1. The Morgan fingerprint density at radius 2 is 2.33 bits per heavy atom. The number of aromatic carboxylic acids is 1. The van der Waals surface area contributed by atoms with Gasteiger partial charge in [-0.15, -0.1) is 0 Å². The predicted molar refractivity (Wildman–Crippen MR) is 74.7 cm³/mol. The molecule has 1 aliphatic heterocycles. The van der Waals surface area contributed by atoms with Gasteiger partial charge in [-0.05, 0) is 38.4 Å². The Labute approximate surface area is 122 Å². The number of likely N-dealkylation sites (tertiary alicyclic amines) is 1. The van der Waals surface area contributed by atoms with Gasteiger partial charge in [0.2, 0.25) is 0 Å². The molecule has 1 aliphatic rings. The second-order valence-corrected chi connectivity index (χ2v) is 5.23. The van der Waals surface area contributed by atoms with Crippen molar-refractivity contribution in [3.63, 3.8) is 0 Å². The Bertz CT molecular complexity index is 654. The van der Waals surface area contributed by atoms with Crippen molar-refractivity contribution in [1.29, 1.82) is 0 Å². The van der Waals surface area contributed by atoms with E-state index in [-0.39, 0.29) is 11.7 Å². The molecule has 3 rings (SSSR count). The molecule has 1 atom stereocenters. The Morgan fingerprint density at radius 3 is 3.05 bits per heavy atom. The quantitative estimate of drug-likeness (QED) is 0.885. The summed E-state index contributed by atoms with van der Waals surface area (Å²) in [5.74, 6) is 0.613. The van der Waals surface area contributed by atoms with Crippen molar-refractivity contribution < 1.29 is 9.90 Å². The highest BCUT2D eigenvalue weighted by Gasteiger charge is 2.29. The minimum atomic E-state index is -1.00. The van der Waals surface area contributed by atoms with Gasteiger partial charge in [0.15, 0.2) is 5.82 Å². The normalized spacial score (nSPS) is 19.0. The number of H-pyrrole nitrogens is 1. The van der Waals surface area contributed by atoms with Crippen molar-refractivity contribution in [3.8, 4) is 0 Å². The van der Waals surface area contributed by atoms with Crippen LogP contribution < -0.4 is 0 Å². The van der Waals surface area contributed by atoms with Gasteiger partial charge in [0, 0.05) is 6.54 Å². The minimum absolute atomic E-state index is 0.0805. The Kier molecular flexibility index (Phi) is 3.66. The summed E-state index contributed by atoms with van der Waals surface area (Å²) in [6.45, 7) is 3.43. The van der Waals surface area contributed by atoms with Gasteiger partial charge in [-0.3, -0.25) is 10.00 Å². The van der Waals surface area contributed by atoms with E-state index in [4.69, 9.17) is 5.11 Å². The third kappa shape index (κ3) is 2.92. The van der Waals surface area contributed by atoms with Crippen LogP contribution in [0, 0.1) is 6.92 Å². The maximum absolute atomic E-state index is 11.0. The standard InChI is InChI=1S/C14H17N5O2/c1-9-15-13(18-17-9)12-6-3-7-19(12)8-10-4-2-5-11(16-10)14(20)21/h2,4-5,12H,3,6-8H2,1H3,(H,20,21)(H,15,17,18)/t12-/m1/s1. The highest BCUT2D eigenvalue weighted by atomic mass is 16.4. The zero-order chi connectivity index (χ0) is 14.8. The number of aromatic nitrogens is 4. The number of carboxylic acid groups (broad SMARTS) is 1. The summed E-state index contributed by atoms with van der Waals surface area (Å²) >= 11 is 0. The Hall–Kier alpha value is -2.28. The molecule has 2 aromatic heterocycles. The molecule has 0 spiro atoms. The Balaban J connectivity index is 1.77. The van der Waals surface area contributed by atoms with Gasteiger partial charge in [-0.1, -0.05) is 6.07 Å². The van der Waals surface area contributed by atoms with Crippen molar-refractivity contribution >= 4 is 5.97 Å². The molecule has 2 N–H and O–H groups in total. The number of rotatable bonds is 4. The zero-order valence-corrected chi connectivity index (χ0v) is 11.8. The average Bonchev–Trinajstić information content (AvgIpc) is 3.08. The van der Waals surface area contributed by atoms with Gasteiger partial charge in [0.25, 0.3) is 0 Å². The van der Waals surface area contributed by atoms with E-state index in [2.05, 4.69) is 25.1 Å². The monoisotopic (exact) mass is 287 g/mol. The number of aromatic amines is 1. The van der Waals surface area contributed by atoms with Crippen LogP contribution in [-0.4, -0.2) is 42.7 Å². The van der Waals surface area contributed by atoms with Gasteiger partial charge >= 0.3 is 5.97 Å². The molecule has 1 fully saturated rings. The fourth-order valence-electron chi connectivity index (χ4n) is 2.71. The van der Waals surface area contributed by atoms with Crippen LogP contribution >= 0.6 is 0 Å². The molecule has 2 aromatic rings. The number of carboxylic acids is 1. The smallest absolute Gasteiger partial charge is 0.354 e. The third-order valence-electron chi connectivity index (χ3n) is 3.67. The van der Waals surface area contributed by atoms with Crippen LogP contribution in [0.5, 0.6) is 0 Å². The summed E-state index contributed by atoms with van der Waals surface area (Å²) < 4.78 is 0. The molecule has 3 heterocycles. The maximum atomic E-state index is 11.0. The van der Waals surface area contributed by atoms with Crippen LogP contribution in [0.2, 0.25) is 0 Å². The summed E-state index contributed by atoms with van der Waals surface area (Å²) in [6.07, 6.45) is 2.09. The summed E-state index contributed by atoms with van der Waals surface area (Å²) in [4.78, 5) is 21.8. The molecule has 0 saturated carbocycles. The molecule has 0 unspecified atom stereocenters. The van der Waals surface area contributed by atoms with Crippen LogP contribution in [0.3, 0.4) is 0 Å². The lowest BCUT2D eigenvalue weighted by Crippen LogP contribution is -2.24. The van der Waals surface area contributed by atoms with Crippen LogP contribution in [-0.2, 0) is 6.54 Å². The lowest BCUT2D eigenvalue weighted by molar-refractivity contribution is 0.0690. The van der Waals surface area contributed by atoms with Crippen molar-refractivity contribution in [2.75, 3.05) is 6.54 Å². The first-order chi connectivity index (χ1) is 10.1. The van der Waals surface area contributed by atoms with Gasteiger partial charge < -0.3 is 5.11 Å². The van der Waals surface area contributed by atoms with E-state index in [0.717, 1.165) is 36.7 Å². The highest BCUT2D eigenvalue weighted by molar-refractivity contribution is 5.85. The number of nitrogens with one attached hydrogen (secondary N) is 1. The van der Waals surface area contributed by atoms with E-state index in [1.807, 2.05) is 13.0 Å². The summed E-state index contributed by atoms with van der Waals surface area (Å²) in [7, 11) is 0. The molecule has 7 nitrogen and oxygen atoms in total. The third-order valence-corrected chi connectivity index (χ3v) is 3.67. The van der Waals surface area contributed by atoms with Crippen LogP contribution in [0.25, 0.3) is 0 Å². The molecule has 0 bridgehead atoms. The average molecular weight is 287 g/mol. The van der Waals surface area contributed by atoms with Crippen molar-refractivity contribution in [2.24, 2.45) is 0 Å². The number of pyridine rings is 1. The van der Waals surface area contributed by atoms with Crippen LogP contribution in [0.15, 0.2) is 18.2 Å². The fraction of sp³-hybridized carbons (Fsp3) is 0.429. The van der Waals surface area contributed by atoms with Gasteiger partial charge in [-0.25, -0.2) is 14.8 Å². The maximum Gasteiger partial charge on any atom is 0.354 e. The van der Waals surface area contributed by atoms with E-state index in [1.165, 1.54) is 6.07 Å². The van der Waals surface area contributed by atoms with E-state index >= 15 is 0 Å². The zero-order valence-electron chi connectivity index (χ0n) is 11.8. The lowest BCUT2D eigenvalue weighted by Gasteiger charge is -2.21. The van der Waals surface area contributed by atoms with Crippen LogP contribution in [0.1, 0.15) is 46.7 Å². The van der Waals surface area contributed by atoms with Gasteiger partial charge in [-0.2, -0.15) is 5.10 Å². The molecule has 7 heteroatoms. The topological polar surface area (TPSA) is 95.0 Å². The van der Waals surface area contributed by atoms with Crippen LogP contribution in [0.4, 0.5) is 0 Å². The fourth-order valence-corrected chi connectivity index (χ4v) is 2.71. The van der Waals surface area contributed by atoms with E-state index in [1.54, 1.807) is 6.07 Å².